The highest BCUT2D eigenvalue weighted by molar-refractivity contribution is 7.99. The van der Waals surface area contributed by atoms with Crippen LogP contribution in [0.25, 0.3) is 0 Å². The van der Waals surface area contributed by atoms with E-state index in [1.165, 1.54) is 10.5 Å². The lowest BCUT2D eigenvalue weighted by Gasteiger charge is -2.15. The number of carbonyl (C=O) groups is 2. The predicted octanol–water partition coefficient (Wildman–Crippen LogP) is 2.82. The molecule has 0 N–H and O–H groups in total. The summed E-state index contributed by atoms with van der Waals surface area (Å²) in [6.07, 6.45) is 2.34. The fourth-order valence-corrected chi connectivity index (χ4v) is 2.74. The molecule has 17 heavy (non-hydrogen) atoms. The average molecular weight is 250 g/mol. The van der Waals surface area contributed by atoms with E-state index in [2.05, 4.69) is 0 Å². The summed E-state index contributed by atoms with van der Waals surface area (Å²) >= 11 is 1.81. The van der Waals surface area contributed by atoms with Gasteiger partial charge in [-0.05, 0) is 42.4 Å². The number of fused-ring (bicyclic) bond motifs is 1. The molecule has 90 valence electrons. The van der Waals surface area contributed by atoms with Gasteiger partial charge in [-0.2, -0.15) is 0 Å². The molecule has 0 bridgehead atoms. The summed E-state index contributed by atoms with van der Waals surface area (Å²) in [7, 11) is 0. The zero-order valence-electron chi connectivity index (χ0n) is 9.69. The molecular formula is C13H14O3S. The van der Waals surface area contributed by atoms with Crippen molar-refractivity contribution < 1.29 is 14.3 Å². The lowest BCUT2D eigenvalue weighted by atomic mass is 10.1. The molecule has 0 atom stereocenters. The summed E-state index contributed by atoms with van der Waals surface area (Å²) in [6, 6.07) is 5.50. The molecule has 1 aromatic carbocycles. The number of carbonyl (C=O) groups excluding carboxylic acids is 2. The van der Waals surface area contributed by atoms with Crippen LogP contribution >= 0.6 is 11.8 Å². The fourth-order valence-electron chi connectivity index (χ4n) is 1.72. The topological polar surface area (TPSA) is 43.4 Å². The Morgan fingerprint density at radius 3 is 3.00 bits per heavy atom. The number of rotatable bonds is 2. The maximum atomic E-state index is 11.6. The normalized spacial score (nSPS) is 13.9. The van der Waals surface area contributed by atoms with Crippen LogP contribution < -0.4 is 0 Å². The first-order valence-electron chi connectivity index (χ1n) is 5.71. The van der Waals surface area contributed by atoms with Gasteiger partial charge in [-0.25, -0.2) is 4.79 Å². The minimum Gasteiger partial charge on any atom is -0.389 e. The van der Waals surface area contributed by atoms with E-state index in [4.69, 9.17) is 4.74 Å². The molecule has 0 unspecified atom stereocenters. The highest BCUT2D eigenvalue weighted by Crippen LogP contribution is 2.30. The molecule has 1 aliphatic rings. The Bertz CT molecular complexity index is 454. The third-order valence-electron chi connectivity index (χ3n) is 2.64. The number of hydrogen-bond acceptors (Lipinski definition) is 4. The van der Waals surface area contributed by atoms with Crippen LogP contribution in [0.4, 0.5) is 0 Å². The van der Waals surface area contributed by atoms with E-state index < -0.39 is 11.9 Å². The first-order valence-corrected chi connectivity index (χ1v) is 6.70. The molecule has 0 radical (unpaired) electrons. The van der Waals surface area contributed by atoms with Crippen molar-refractivity contribution in [1.82, 2.24) is 0 Å². The van der Waals surface area contributed by atoms with Gasteiger partial charge in [0, 0.05) is 11.3 Å². The number of hydrogen-bond donors (Lipinski definition) is 0. The van der Waals surface area contributed by atoms with E-state index in [0.29, 0.717) is 5.56 Å². The third-order valence-corrected chi connectivity index (χ3v) is 3.84. The van der Waals surface area contributed by atoms with Gasteiger partial charge in [0.25, 0.3) is 0 Å². The monoisotopic (exact) mass is 250 g/mol. The summed E-state index contributed by atoms with van der Waals surface area (Å²) in [6.45, 7) is 1.67. The summed E-state index contributed by atoms with van der Waals surface area (Å²) in [5.41, 5.74) is 1.65. The molecular weight excluding hydrogens is 236 g/mol. The molecule has 0 spiro atoms. The van der Waals surface area contributed by atoms with Crippen molar-refractivity contribution in [2.24, 2.45) is 0 Å². The lowest BCUT2D eigenvalue weighted by molar-refractivity contribution is -0.137. The Morgan fingerprint density at radius 1 is 1.41 bits per heavy atom. The summed E-state index contributed by atoms with van der Waals surface area (Å²) in [5, 5.41) is 0. The zero-order chi connectivity index (χ0) is 12.3. The maximum absolute atomic E-state index is 11.6. The van der Waals surface area contributed by atoms with Crippen LogP contribution in [0.1, 0.15) is 35.7 Å². The van der Waals surface area contributed by atoms with Gasteiger partial charge in [0.15, 0.2) is 0 Å². The van der Waals surface area contributed by atoms with Gasteiger partial charge >= 0.3 is 11.9 Å². The van der Waals surface area contributed by atoms with E-state index in [-0.39, 0.29) is 6.42 Å². The Balaban J connectivity index is 2.16. The smallest absolute Gasteiger partial charge is 0.345 e. The number of esters is 2. The van der Waals surface area contributed by atoms with Crippen molar-refractivity contribution in [3.63, 3.8) is 0 Å². The van der Waals surface area contributed by atoms with E-state index in [1.807, 2.05) is 23.9 Å². The molecule has 1 aromatic rings. The first kappa shape index (κ1) is 12.2. The number of aryl methyl sites for hydroxylation is 1. The van der Waals surface area contributed by atoms with Crippen molar-refractivity contribution in [3.05, 3.63) is 29.3 Å². The van der Waals surface area contributed by atoms with E-state index in [9.17, 15) is 9.59 Å². The molecule has 3 nitrogen and oxygen atoms in total. The van der Waals surface area contributed by atoms with Crippen molar-refractivity contribution >= 4 is 23.7 Å². The lowest BCUT2D eigenvalue weighted by Crippen LogP contribution is -2.12. The summed E-state index contributed by atoms with van der Waals surface area (Å²) in [4.78, 5) is 23.9. The van der Waals surface area contributed by atoms with E-state index in [0.717, 1.165) is 18.6 Å². The molecule has 0 aromatic heterocycles. The SMILES string of the molecule is CCC(=O)OC(=O)c1ccc2c(c1)CCCS2. The second-order valence-electron chi connectivity index (χ2n) is 3.89. The van der Waals surface area contributed by atoms with Crippen LogP contribution in [-0.4, -0.2) is 17.7 Å². The van der Waals surface area contributed by atoms with Gasteiger partial charge in [0.05, 0.1) is 5.56 Å². The first-order chi connectivity index (χ1) is 8.20. The molecule has 0 amide bonds. The van der Waals surface area contributed by atoms with E-state index in [1.54, 1.807) is 13.0 Å². The van der Waals surface area contributed by atoms with Crippen LogP contribution in [-0.2, 0) is 16.0 Å². The van der Waals surface area contributed by atoms with Gasteiger partial charge in [-0.15, -0.1) is 11.8 Å². The third kappa shape index (κ3) is 2.88. The second-order valence-corrected chi connectivity index (χ2v) is 5.03. The average Bonchev–Trinajstić information content (AvgIpc) is 2.38. The van der Waals surface area contributed by atoms with Crippen molar-refractivity contribution in [1.29, 1.82) is 0 Å². The van der Waals surface area contributed by atoms with Gasteiger partial charge in [-0.3, -0.25) is 4.79 Å². The number of ether oxygens (including phenoxy) is 1. The van der Waals surface area contributed by atoms with Gasteiger partial charge in [-0.1, -0.05) is 6.92 Å². The molecule has 4 heteroatoms. The van der Waals surface area contributed by atoms with Crippen LogP contribution in [0.5, 0.6) is 0 Å². The van der Waals surface area contributed by atoms with Crippen LogP contribution in [0.3, 0.4) is 0 Å². The van der Waals surface area contributed by atoms with Crippen LogP contribution in [0.2, 0.25) is 0 Å². The standard InChI is InChI=1S/C13H14O3S/c1-2-12(14)16-13(15)10-5-6-11-9(8-10)4-3-7-17-11/h5-6,8H,2-4,7H2,1H3. The van der Waals surface area contributed by atoms with Crippen molar-refractivity contribution in [2.45, 2.75) is 31.1 Å². The van der Waals surface area contributed by atoms with Crippen molar-refractivity contribution in [3.8, 4) is 0 Å². The highest BCUT2D eigenvalue weighted by atomic mass is 32.2. The summed E-state index contributed by atoms with van der Waals surface area (Å²) in [5.74, 6) is 0.0998. The highest BCUT2D eigenvalue weighted by Gasteiger charge is 2.15. The van der Waals surface area contributed by atoms with Gasteiger partial charge in [0.1, 0.15) is 0 Å². The fraction of sp³-hybridized carbons (Fsp3) is 0.385. The molecule has 0 saturated carbocycles. The van der Waals surface area contributed by atoms with Gasteiger partial charge < -0.3 is 4.74 Å². The largest absolute Gasteiger partial charge is 0.389 e. The molecule has 0 aliphatic carbocycles. The van der Waals surface area contributed by atoms with Crippen LogP contribution in [0.15, 0.2) is 23.1 Å². The molecule has 0 saturated heterocycles. The number of benzene rings is 1. The Morgan fingerprint density at radius 2 is 2.24 bits per heavy atom. The molecule has 1 aliphatic heterocycles. The molecule has 0 fully saturated rings. The Kier molecular flexibility index (Phi) is 3.84. The maximum Gasteiger partial charge on any atom is 0.345 e. The molecule has 2 rings (SSSR count). The van der Waals surface area contributed by atoms with Gasteiger partial charge in [0.2, 0.25) is 0 Å². The minimum atomic E-state index is -0.546. The Hall–Kier alpha value is -1.29. The Labute approximate surface area is 105 Å². The predicted molar refractivity (Wildman–Crippen MR) is 66.2 cm³/mol. The van der Waals surface area contributed by atoms with E-state index >= 15 is 0 Å². The van der Waals surface area contributed by atoms with Crippen molar-refractivity contribution in [2.75, 3.05) is 5.75 Å². The number of thioether (sulfide) groups is 1. The summed E-state index contributed by atoms with van der Waals surface area (Å²) < 4.78 is 4.69. The quantitative estimate of drug-likeness (QED) is 0.598. The molecule has 1 heterocycles. The second kappa shape index (κ2) is 5.36. The van der Waals surface area contributed by atoms with Crippen LogP contribution in [0, 0.1) is 0 Å². The minimum absolute atomic E-state index is 0.215. The zero-order valence-corrected chi connectivity index (χ0v) is 10.5.